The largest absolute Gasteiger partial charge is 0.311 e. The molecular formula is C76H56N2. The monoisotopic (exact) mass is 996 g/mol. The maximum atomic E-state index is 2.31. The molecule has 2 nitrogen and oxygen atoms in total. The quantitative estimate of drug-likeness (QED) is 0.0945. The maximum Gasteiger partial charge on any atom is 0.0462 e. The van der Waals surface area contributed by atoms with Crippen molar-refractivity contribution in [2.45, 2.75) is 0 Å². The molecule has 0 radical (unpaired) electrons. The number of hydrogen-bond donors (Lipinski definition) is 0. The lowest BCUT2D eigenvalue weighted by atomic mass is 9.91. The van der Waals surface area contributed by atoms with E-state index in [1.165, 1.54) is 44.5 Å². The first-order chi connectivity index (χ1) is 38.7. The molecule has 0 aliphatic heterocycles. The fourth-order valence-electron chi connectivity index (χ4n) is 10.4. The summed E-state index contributed by atoms with van der Waals surface area (Å²) in [6, 6.07) is 117. The lowest BCUT2D eigenvalue weighted by Crippen LogP contribution is -2.10. The SMILES string of the molecule is C(C=C(c1ccc(N(c2ccccc2)c2ccccc2)cc1)c1ccc(N(c2ccccc2)c2ccccc2)cc1)=C(c1ccc(-c2cccc(-c3ccccc3)c2)cc1)c1ccc(-c2cccc(-c3ccccc3)c2)cc1. The van der Waals surface area contributed by atoms with Crippen molar-refractivity contribution in [1.29, 1.82) is 0 Å². The average molecular weight is 997 g/mol. The molecule has 0 heterocycles. The molecule has 0 aliphatic rings. The van der Waals surface area contributed by atoms with Gasteiger partial charge in [0.2, 0.25) is 0 Å². The van der Waals surface area contributed by atoms with Crippen LogP contribution in [-0.4, -0.2) is 0 Å². The van der Waals surface area contributed by atoms with Gasteiger partial charge in [-0.3, -0.25) is 0 Å². The second-order valence-corrected chi connectivity index (χ2v) is 19.3. The lowest BCUT2D eigenvalue weighted by molar-refractivity contribution is 1.28. The molecule has 0 fully saturated rings. The molecule has 0 bridgehead atoms. The van der Waals surface area contributed by atoms with Crippen LogP contribution in [-0.2, 0) is 0 Å². The molecule has 0 saturated heterocycles. The van der Waals surface area contributed by atoms with Crippen LogP contribution < -0.4 is 9.80 Å². The van der Waals surface area contributed by atoms with Gasteiger partial charge in [0.25, 0.3) is 0 Å². The molecule has 0 aromatic heterocycles. The highest BCUT2D eigenvalue weighted by Gasteiger charge is 2.17. The minimum atomic E-state index is 1.08. The summed E-state index contributed by atoms with van der Waals surface area (Å²) in [6.45, 7) is 0. The van der Waals surface area contributed by atoms with E-state index >= 15 is 0 Å². The van der Waals surface area contributed by atoms with Crippen LogP contribution in [0.2, 0.25) is 0 Å². The zero-order valence-corrected chi connectivity index (χ0v) is 43.2. The third-order valence-corrected chi connectivity index (χ3v) is 14.3. The first-order valence-electron chi connectivity index (χ1n) is 26.6. The number of benzene rings is 12. The van der Waals surface area contributed by atoms with Crippen molar-refractivity contribution in [2.75, 3.05) is 9.80 Å². The summed E-state index contributed by atoms with van der Waals surface area (Å²) < 4.78 is 0. The molecule has 2 heteroatoms. The summed E-state index contributed by atoms with van der Waals surface area (Å²) >= 11 is 0. The molecule has 12 aromatic carbocycles. The van der Waals surface area contributed by atoms with Gasteiger partial charge >= 0.3 is 0 Å². The van der Waals surface area contributed by atoms with Crippen molar-refractivity contribution in [1.82, 2.24) is 0 Å². The van der Waals surface area contributed by atoms with Crippen LogP contribution in [0.5, 0.6) is 0 Å². The number of nitrogens with zero attached hydrogens (tertiary/aromatic N) is 2. The Morgan fingerprint density at radius 2 is 0.385 bits per heavy atom. The molecule has 78 heavy (non-hydrogen) atoms. The zero-order valence-electron chi connectivity index (χ0n) is 43.2. The molecule has 370 valence electrons. The Hall–Kier alpha value is -10.3. The van der Waals surface area contributed by atoms with Crippen molar-refractivity contribution in [2.24, 2.45) is 0 Å². The fourth-order valence-corrected chi connectivity index (χ4v) is 10.4. The van der Waals surface area contributed by atoms with Crippen molar-refractivity contribution in [3.8, 4) is 44.5 Å². The summed E-state index contributed by atoms with van der Waals surface area (Å²) in [5, 5.41) is 0. The van der Waals surface area contributed by atoms with Crippen molar-refractivity contribution < 1.29 is 0 Å². The Morgan fingerprint density at radius 1 is 0.179 bits per heavy atom. The number of anilines is 6. The van der Waals surface area contributed by atoms with E-state index in [1.807, 2.05) is 0 Å². The highest BCUT2D eigenvalue weighted by Crippen LogP contribution is 2.39. The molecule has 12 aromatic rings. The summed E-state index contributed by atoms with van der Waals surface area (Å²) in [5.41, 5.74) is 22.7. The minimum absolute atomic E-state index is 1.08. The van der Waals surface area contributed by atoms with Crippen LogP contribution in [0.1, 0.15) is 22.3 Å². The third-order valence-electron chi connectivity index (χ3n) is 14.3. The minimum Gasteiger partial charge on any atom is -0.311 e. The van der Waals surface area contributed by atoms with Gasteiger partial charge in [-0.2, -0.15) is 0 Å². The first kappa shape index (κ1) is 48.6. The number of allylic oxidation sites excluding steroid dienone is 2. The number of para-hydroxylation sites is 4. The molecule has 0 atom stereocenters. The van der Waals surface area contributed by atoms with E-state index in [4.69, 9.17) is 0 Å². The molecule has 12 rings (SSSR count). The highest BCUT2D eigenvalue weighted by molar-refractivity contribution is 5.89. The van der Waals surface area contributed by atoms with Crippen LogP contribution >= 0.6 is 0 Å². The summed E-state index contributed by atoms with van der Waals surface area (Å²) in [5.74, 6) is 0. The standard InChI is InChI=1S/C76H56N2/c1-7-21-57(22-8-1)65-25-19-27-67(55-65)59-37-41-61(42-38-59)75(62-43-39-60(40-44-62)68-28-20-26-66(56-68)58-23-9-2-10-24-58)53-54-76(63-45-49-73(50-46-63)77(69-29-11-3-12-30-69)70-31-13-4-14-32-70)64-47-51-74(52-48-64)78(71-33-15-5-16-34-71)72-35-17-6-18-36-72/h1-56H. The van der Waals surface area contributed by atoms with E-state index < -0.39 is 0 Å². The van der Waals surface area contributed by atoms with Gasteiger partial charge in [0.1, 0.15) is 0 Å². The molecule has 0 N–H and O–H groups in total. The van der Waals surface area contributed by atoms with Gasteiger partial charge in [0, 0.05) is 34.1 Å². The topological polar surface area (TPSA) is 6.48 Å². The number of rotatable bonds is 15. The van der Waals surface area contributed by atoms with E-state index in [0.29, 0.717) is 0 Å². The molecule has 0 saturated carbocycles. The Bertz CT molecular complexity index is 3590. The third kappa shape index (κ3) is 10.9. The van der Waals surface area contributed by atoms with Gasteiger partial charge in [0.05, 0.1) is 0 Å². The molecule has 0 spiro atoms. The van der Waals surface area contributed by atoms with Gasteiger partial charge < -0.3 is 9.80 Å². The Kier molecular flexibility index (Phi) is 14.4. The van der Waals surface area contributed by atoms with Crippen LogP contribution in [0.25, 0.3) is 55.7 Å². The van der Waals surface area contributed by atoms with Crippen LogP contribution in [0.15, 0.2) is 340 Å². The van der Waals surface area contributed by atoms with Gasteiger partial charge in [0.15, 0.2) is 0 Å². The van der Waals surface area contributed by atoms with E-state index in [1.54, 1.807) is 0 Å². The summed E-state index contributed by atoms with van der Waals surface area (Å²) in [4.78, 5) is 4.62. The van der Waals surface area contributed by atoms with Gasteiger partial charge in [-0.25, -0.2) is 0 Å². The predicted molar refractivity (Wildman–Crippen MR) is 331 cm³/mol. The smallest absolute Gasteiger partial charge is 0.0462 e. The van der Waals surface area contributed by atoms with Crippen LogP contribution in [0.3, 0.4) is 0 Å². The maximum absolute atomic E-state index is 2.31. The van der Waals surface area contributed by atoms with Crippen LogP contribution in [0, 0.1) is 0 Å². The first-order valence-corrected chi connectivity index (χ1v) is 26.6. The lowest BCUT2D eigenvalue weighted by Gasteiger charge is -2.26. The van der Waals surface area contributed by atoms with Crippen LogP contribution in [0.4, 0.5) is 34.1 Å². The van der Waals surface area contributed by atoms with E-state index in [9.17, 15) is 0 Å². The molecule has 0 aliphatic carbocycles. The Balaban J connectivity index is 0.978. The van der Waals surface area contributed by atoms with Gasteiger partial charge in [-0.05, 0) is 163 Å². The second-order valence-electron chi connectivity index (χ2n) is 19.3. The highest BCUT2D eigenvalue weighted by atomic mass is 15.1. The fraction of sp³-hybridized carbons (Fsp3) is 0. The molecule has 0 amide bonds. The van der Waals surface area contributed by atoms with Gasteiger partial charge in [-0.15, -0.1) is 0 Å². The van der Waals surface area contributed by atoms with Gasteiger partial charge in [-0.1, -0.05) is 255 Å². The van der Waals surface area contributed by atoms with Crippen molar-refractivity contribution in [3.63, 3.8) is 0 Å². The molecule has 0 unspecified atom stereocenters. The molecular weight excluding hydrogens is 941 g/mol. The summed E-state index contributed by atoms with van der Waals surface area (Å²) in [7, 11) is 0. The number of hydrogen-bond acceptors (Lipinski definition) is 2. The van der Waals surface area contributed by atoms with Crippen molar-refractivity contribution >= 4 is 45.3 Å². The Morgan fingerprint density at radius 3 is 0.654 bits per heavy atom. The Labute approximate surface area is 459 Å². The summed E-state index contributed by atoms with van der Waals surface area (Å²) in [6.07, 6.45) is 4.62. The zero-order chi connectivity index (χ0) is 52.3. The van der Waals surface area contributed by atoms with E-state index in [0.717, 1.165) is 67.5 Å². The normalized spacial score (nSPS) is 10.8. The predicted octanol–water partition coefficient (Wildman–Crippen LogP) is 20.9. The van der Waals surface area contributed by atoms with E-state index in [-0.39, 0.29) is 0 Å². The van der Waals surface area contributed by atoms with Crippen molar-refractivity contribution in [3.05, 3.63) is 362 Å². The van der Waals surface area contributed by atoms with E-state index in [2.05, 4.69) is 350 Å². The average Bonchev–Trinajstić information content (AvgIpc) is 3.54. The second kappa shape index (κ2) is 23.1.